The Kier molecular flexibility index (Phi) is 6.59. The van der Waals surface area contributed by atoms with Crippen LogP contribution in [0.5, 0.6) is 0 Å². The Morgan fingerprint density at radius 1 is 1.00 bits per heavy atom. The first-order chi connectivity index (χ1) is 15.6. The average molecular weight is 469 g/mol. The number of nitrogens with zero attached hydrogens (tertiary/aromatic N) is 3. The van der Waals surface area contributed by atoms with Gasteiger partial charge < -0.3 is 9.88 Å². The van der Waals surface area contributed by atoms with Crippen molar-refractivity contribution >= 4 is 27.0 Å². The van der Waals surface area contributed by atoms with E-state index in [-0.39, 0.29) is 11.3 Å². The molecule has 7 nitrogen and oxygen atoms in total. The van der Waals surface area contributed by atoms with Crippen molar-refractivity contribution in [3.63, 3.8) is 0 Å². The van der Waals surface area contributed by atoms with Crippen LogP contribution in [-0.2, 0) is 26.7 Å². The number of aryl methyl sites for hydroxylation is 1. The zero-order valence-electron chi connectivity index (χ0n) is 19.5. The molecule has 1 aliphatic heterocycles. The molecule has 176 valence electrons. The van der Waals surface area contributed by atoms with Crippen molar-refractivity contribution in [2.45, 2.75) is 50.3 Å². The molecule has 4 rings (SSSR count). The van der Waals surface area contributed by atoms with E-state index in [0.717, 1.165) is 22.4 Å². The van der Waals surface area contributed by atoms with Crippen LogP contribution in [0.4, 0.5) is 0 Å². The summed E-state index contributed by atoms with van der Waals surface area (Å²) in [5, 5.41) is 0. The number of rotatable bonds is 6. The number of aromatic nitrogens is 2. The van der Waals surface area contributed by atoms with Gasteiger partial charge in [-0.15, -0.1) is 0 Å². The summed E-state index contributed by atoms with van der Waals surface area (Å²) in [6.07, 6.45) is 1.84. The van der Waals surface area contributed by atoms with Gasteiger partial charge in [-0.2, -0.15) is 4.31 Å². The molecule has 0 bridgehead atoms. The minimum absolute atomic E-state index is 0.0291. The highest BCUT2D eigenvalue weighted by Gasteiger charge is 2.30. The lowest BCUT2D eigenvalue weighted by molar-refractivity contribution is -0.132. The molecule has 1 saturated heterocycles. The number of hydrogen-bond donors (Lipinski definition) is 1. The molecule has 1 N–H and O–H groups in total. The monoisotopic (exact) mass is 468 g/mol. The van der Waals surface area contributed by atoms with Crippen molar-refractivity contribution in [3.05, 3.63) is 59.9 Å². The Morgan fingerprint density at radius 3 is 2.30 bits per heavy atom. The number of para-hydroxylation sites is 2. The molecule has 0 saturated carbocycles. The summed E-state index contributed by atoms with van der Waals surface area (Å²) in [6, 6.07) is 15.0. The fourth-order valence-electron chi connectivity index (χ4n) is 4.14. The molecular weight excluding hydrogens is 436 g/mol. The number of nitrogens with one attached hydrogen (secondary N) is 1. The molecule has 2 heterocycles. The second-order valence-corrected chi connectivity index (χ2v) is 11.6. The molecule has 1 aromatic heterocycles. The van der Waals surface area contributed by atoms with E-state index in [1.807, 2.05) is 36.4 Å². The highest BCUT2D eigenvalue weighted by Crippen LogP contribution is 2.25. The van der Waals surface area contributed by atoms with Crippen LogP contribution >= 0.6 is 0 Å². The van der Waals surface area contributed by atoms with Crippen LogP contribution in [0, 0.1) is 0 Å². The van der Waals surface area contributed by atoms with Gasteiger partial charge in [0.15, 0.2) is 0 Å². The van der Waals surface area contributed by atoms with Crippen molar-refractivity contribution in [2.75, 3.05) is 26.2 Å². The van der Waals surface area contributed by atoms with Crippen LogP contribution in [0.2, 0.25) is 0 Å². The molecular formula is C25H32N4O3S. The summed E-state index contributed by atoms with van der Waals surface area (Å²) in [5.41, 5.74) is 3.01. The topological polar surface area (TPSA) is 86.4 Å². The van der Waals surface area contributed by atoms with Crippen molar-refractivity contribution in [2.24, 2.45) is 0 Å². The highest BCUT2D eigenvalue weighted by molar-refractivity contribution is 7.89. The highest BCUT2D eigenvalue weighted by atomic mass is 32.2. The number of amides is 1. The number of carbonyl (C=O) groups excluding carboxylic acids is 1. The van der Waals surface area contributed by atoms with Gasteiger partial charge in [0.05, 0.1) is 15.9 Å². The van der Waals surface area contributed by atoms with E-state index in [0.29, 0.717) is 50.3 Å². The Bertz CT molecular complexity index is 1190. The zero-order valence-corrected chi connectivity index (χ0v) is 20.4. The number of benzene rings is 2. The van der Waals surface area contributed by atoms with E-state index in [2.05, 4.69) is 30.7 Å². The number of fused-ring (bicyclic) bond motifs is 1. The summed E-state index contributed by atoms with van der Waals surface area (Å²) in [6.45, 7) is 7.78. The molecule has 33 heavy (non-hydrogen) atoms. The predicted octanol–water partition coefficient (Wildman–Crippen LogP) is 3.72. The van der Waals surface area contributed by atoms with Crippen LogP contribution in [0.25, 0.3) is 11.0 Å². The molecule has 0 aliphatic carbocycles. The van der Waals surface area contributed by atoms with Crippen LogP contribution in [0.3, 0.4) is 0 Å². The van der Waals surface area contributed by atoms with Crippen LogP contribution in [0.15, 0.2) is 53.4 Å². The lowest BCUT2D eigenvalue weighted by Gasteiger charge is -2.34. The molecule has 0 spiro atoms. The maximum atomic E-state index is 13.0. The Balaban J connectivity index is 1.28. The zero-order chi connectivity index (χ0) is 23.6. The molecule has 1 amide bonds. The molecule has 1 aliphatic rings. The first-order valence-electron chi connectivity index (χ1n) is 11.5. The molecule has 1 fully saturated rings. The number of H-pyrrole nitrogens is 1. The molecule has 0 unspecified atom stereocenters. The minimum Gasteiger partial charge on any atom is -0.342 e. The minimum atomic E-state index is -3.56. The van der Waals surface area contributed by atoms with Gasteiger partial charge in [0.25, 0.3) is 0 Å². The van der Waals surface area contributed by atoms with Gasteiger partial charge >= 0.3 is 0 Å². The van der Waals surface area contributed by atoms with Crippen LogP contribution in [-0.4, -0.2) is 59.7 Å². The SMILES string of the molecule is CC(C)(C)c1ccc(S(=O)(=O)N2CCN(C(=O)CCCc3nc4ccccc4[nH]3)CC2)cc1. The normalized spacial score (nSPS) is 15.8. The number of sulfonamides is 1. The second-order valence-electron chi connectivity index (χ2n) is 9.61. The maximum absolute atomic E-state index is 13.0. The standard InChI is InChI=1S/C25H32N4O3S/c1-25(2,3)19-11-13-20(14-12-19)33(31,32)29-17-15-28(16-18-29)24(30)10-6-9-23-26-21-7-4-5-8-22(21)27-23/h4-5,7-8,11-14H,6,9-10,15-18H2,1-3H3,(H,26,27). The number of imidazole rings is 1. The molecule has 8 heteroatoms. The van der Waals surface area contributed by atoms with E-state index >= 15 is 0 Å². The first-order valence-corrected chi connectivity index (χ1v) is 12.9. The van der Waals surface area contributed by atoms with Gasteiger partial charge in [0.2, 0.25) is 15.9 Å². The smallest absolute Gasteiger partial charge is 0.243 e. The summed E-state index contributed by atoms with van der Waals surface area (Å²) in [7, 11) is -3.56. The van der Waals surface area contributed by atoms with Gasteiger partial charge in [0.1, 0.15) is 5.82 Å². The van der Waals surface area contributed by atoms with Gasteiger partial charge in [-0.3, -0.25) is 4.79 Å². The molecule has 3 aromatic rings. The van der Waals surface area contributed by atoms with Crippen molar-refractivity contribution in [3.8, 4) is 0 Å². The summed E-state index contributed by atoms with van der Waals surface area (Å²) in [4.78, 5) is 22.6. The maximum Gasteiger partial charge on any atom is 0.243 e. The molecule has 0 radical (unpaired) electrons. The summed E-state index contributed by atoms with van der Waals surface area (Å²) in [5.74, 6) is 0.954. The Hall–Kier alpha value is -2.71. The fourth-order valence-corrected chi connectivity index (χ4v) is 5.57. The lowest BCUT2D eigenvalue weighted by Crippen LogP contribution is -2.50. The predicted molar refractivity (Wildman–Crippen MR) is 130 cm³/mol. The largest absolute Gasteiger partial charge is 0.342 e. The van der Waals surface area contributed by atoms with Crippen LogP contribution < -0.4 is 0 Å². The average Bonchev–Trinajstić information content (AvgIpc) is 3.21. The lowest BCUT2D eigenvalue weighted by atomic mass is 9.87. The van der Waals surface area contributed by atoms with E-state index in [1.165, 1.54) is 4.31 Å². The number of aromatic amines is 1. The van der Waals surface area contributed by atoms with Crippen molar-refractivity contribution in [1.82, 2.24) is 19.2 Å². The third-order valence-electron chi connectivity index (χ3n) is 6.19. The summed E-state index contributed by atoms with van der Waals surface area (Å²) >= 11 is 0. The van der Waals surface area contributed by atoms with E-state index in [9.17, 15) is 13.2 Å². The third kappa shape index (κ3) is 5.28. The molecule has 0 atom stereocenters. The number of piperazine rings is 1. The van der Waals surface area contributed by atoms with Gasteiger partial charge in [-0.1, -0.05) is 45.0 Å². The van der Waals surface area contributed by atoms with E-state index in [1.54, 1.807) is 17.0 Å². The quantitative estimate of drug-likeness (QED) is 0.597. The van der Waals surface area contributed by atoms with Gasteiger partial charge in [-0.25, -0.2) is 13.4 Å². The Labute approximate surface area is 195 Å². The Morgan fingerprint density at radius 2 is 1.67 bits per heavy atom. The first kappa shape index (κ1) is 23.4. The molecule has 2 aromatic carbocycles. The van der Waals surface area contributed by atoms with Crippen molar-refractivity contribution in [1.29, 1.82) is 0 Å². The summed E-state index contributed by atoms with van der Waals surface area (Å²) < 4.78 is 27.6. The van der Waals surface area contributed by atoms with E-state index in [4.69, 9.17) is 0 Å². The van der Waals surface area contributed by atoms with Crippen LogP contribution in [0.1, 0.15) is 45.0 Å². The second kappa shape index (κ2) is 9.27. The van der Waals surface area contributed by atoms with Gasteiger partial charge in [0, 0.05) is 39.0 Å². The van der Waals surface area contributed by atoms with Crippen molar-refractivity contribution < 1.29 is 13.2 Å². The number of hydrogen-bond acceptors (Lipinski definition) is 4. The third-order valence-corrected chi connectivity index (χ3v) is 8.10. The van der Waals surface area contributed by atoms with Gasteiger partial charge in [-0.05, 0) is 41.7 Å². The fraction of sp³-hybridized carbons (Fsp3) is 0.440. The number of carbonyl (C=O) groups is 1. The van der Waals surface area contributed by atoms with E-state index < -0.39 is 10.0 Å².